The molecule has 0 bridgehead atoms. The number of halogens is 2. The molecule has 0 rings (SSSR count). The molecule has 2 radical (unpaired) electrons. The molecule has 0 aromatic heterocycles. The van der Waals surface area contributed by atoms with Crippen molar-refractivity contribution in [3.8, 4) is 0 Å². The Morgan fingerprint density at radius 2 is 0.750 bits per heavy atom. The Labute approximate surface area is 63.2 Å². The zero-order chi connectivity index (χ0) is 0. The first-order chi connectivity index (χ1) is 0. The molecule has 0 aliphatic heterocycles. The van der Waals surface area contributed by atoms with Gasteiger partial charge in [0, 0.05) is 0 Å². The molecule has 0 N–H and O–H groups in total. The number of hydrogen-bond donors (Lipinski definition) is 0. The summed E-state index contributed by atoms with van der Waals surface area (Å²) in [6.45, 7) is 0. The van der Waals surface area contributed by atoms with Crippen LogP contribution in [0.4, 0.5) is 0 Å². The third kappa shape index (κ3) is 9.18. The van der Waals surface area contributed by atoms with Gasteiger partial charge in [0.25, 0.3) is 0 Å². The Hall–Kier alpha value is 1.81. The third-order valence-electron chi connectivity index (χ3n) is 0. The van der Waals surface area contributed by atoms with Crippen molar-refractivity contribution in [1.82, 2.24) is 0 Å². The molecule has 0 unspecified atom stereocenters. The molecule has 0 fully saturated rings. The standard InChI is InChI=1S/BrH.ClH.2Mn/h2*1H;;/q;;2*+2/p-2. The molecular formula is BrClMn2+2. The first kappa shape index (κ1) is 41.1. The monoisotopic (exact) mass is 224 g/mol. The van der Waals surface area contributed by atoms with Crippen molar-refractivity contribution >= 4 is 0 Å². The molecule has 0 amide bonds. The van der Waals surface area contributed by atoms with E-state index in [1.54, 1.807) is 0 Å². The summed E-state index contributed by atoms with van der Waals surface area (Å²) in [4.78, 5) is 0. The van der Waals surface area contributed by atoms with E-state index < -0.39 is 0 Å². The molecule has 4 heavy (non-hydrogen) atoms. The molecule has 0 saturated heterocycles. The van der Waals surface area contributed by atoms with E-state index >= 15 is 0 Å². The van der Waals surface area contributed by atoms with Crippen LogP contribution < -0.4 is 29.4 Å². The van der Waals surface area contributed by atoms with Crippen LogP contribution in [0.25, 0.3) is 0 Å². The number of hydrogen-bond acceptors (Lipinski definition) is 0. The summed E-state index contributed by atoms with van der Waals surface area (Å²) < 4.78 is 0. The van der Waals surface area contributed by atoms with Gasteiger partial charge in [0.1, 0.15) is 0 Å². The third-order valence-corrected chi connectivity index (χ3v) is 0. The molecule has 26 valence electrons. The molecular weight excluding hydrogens is 225 g/mol. The van der Waals surface area contributed by atoms with Crippen molar-refractivity contribution in [1.29, 1.82) is 0 Å². The molecule has 0 aliphatic carbocycles. The Balaban J connectivity index is 0. The summed E-state index contributed by atoms with van der Waals surface area (Å²) in [5.41, 5.74) is 0. The van der Waals surface area contributed by atoms with E-state index in [0.717, 1.165) is 0 Å². The van der Waals surface area contributed by atoms with Gasteiger partial charge in [-0.2, -0.15) is 0 Å². The van der Waals surface area contributed by atoms with Gasteiger partial charge in [-0.1, -0.05) is 0 Å². The summed E-state index contributed by atoms with van der Waals surface area (Å²) in [6, 6.07) is 0. The van der Waals surface area contributed by atoms with Gasteiger partial charge in [0.15, 0.2) is 0 Å². The van der Waals surface area contributed by atoms with E-state index in [4.69, 9.17) is 0 Å². The summed E-state index contributed by atoms with van der Waals surface area (Å²) in [6.07, 6.45) is 0. The van der Waals surface area contributed by atoms with Crippen molar-refractivity contribution in [2.45, 2.75) is 0 Å². The van der Waals surface area contributed by atoms with Crippen LogP contribution in [0.1, 0.15) is 0 Å². The van der Waals surface area contributed by atoms with Gasteiger partial charge in [-0.05, 0) is 0 Å². The van der Waals surface area contributed by atoms with E-state index in [-0.39, 0.29) is 63.5 Å². The van der Waals surface area contributed by atoms with Crippen LogP contribution in [0.3, 0.4) is 0 Å². The predicted octanol–water partition coefficient (Wildman–Crippen LogP) is -6.00. The summed E-state index contributed by atoms with van der Waals surface area (Å²) >= 11 is 0. The van der Waals surface area contributed by atoms with Crippen molar-refractivity contribution in [2.75, 3.05) is 0 Å². The quantitative estimate of drug-likeness (QED) is 0.360. The minimum absolute atomic E-state index is 0. The Morgan fingerprint density at radius 1 is 0.750 bits per heavy atom. The second-order valence-corrected chi connectivity index (χ2v) is 0. The van der Waals surface area contributed by atoms with E-state index in [0.29, 0.717) is 0 Å². The van der Waals surface area contributed by atoms with Crippen LogP contribution in [0.5, 0.6) is 0 Å². The topological polar surface area (TPSA) is 0 Å². The minimum atomic E-state index is 0. The largest absolute Gasteiger partial charge is 2.00 e. The van der Waals surface area contributed by atoms with Crippen LogP contribution in [0.15, 0.2) is 0 Å². The first-order valence-electron chi connectivity index (χ1n) is 0. The molecule has 0 aliphatic rings. The zero-order valence-corrected chi connectivity index (χ0v) is 6.21. The van der Waals surface area contributed by atoms with Crippen LogP contribution >= 0.6 is 0 Å². The van der Waals surface area contributed by atoms with E-state index in [1.807, 2.05) is 0 Å². The van der Waals surface area contributed by atoms with Crippen LogP contribution in [0, 0.1) is 0 Å². The fourth-order valence-electron chi connectivity index (χ4n) is 0. The molecule has 4 heteroatoms. The fraction of sp³-hybridized carbons (Fsp3) is 0. The van der Waals surface area contributed by atoms with Gasteiger partial charge in [-0.25, -0.2) is 0 Å². The normalized spacial score (nSPS) is 0. The van der Waals surface area contributed by atoms with Crippen LogP contribution in [0.2, 0.25) is 0 Å². The van der Waals surface area contributed by atoms with Crippen molar-refractivity contribution < 1.29 is 63.5 Å². The summed E-state index contributed by atoms with van der Waals surface area (Å²) in [5, 5.41) is 0. The van der Waals surface area contributed by atoms with Gasteiger partial charge in [0.05, 0.1) is 0 Å². The molecule has 0 saturated carbocycles. The SMILES string of the molecule is [Br-].[Cl-].[Mn+2].[Mn+2]. The maximum atomic E-state index is 0. The van der Waals surface area contributed by atoms with E-state index in [2.05, 4.69) is 0 Å². The Bertz CT molecular complexity index is 6.00. The second kappa shape index (κ2) is 21.3. The van der Waals surface area contributed by atoms with Gasteiger partial charge >= 0.3 is 34.1 Å². The second-order valence-electron chi connectivity index (χ2n) is 0. The average Bonchev–Trinajstić information content (AvgIpc) is 0. The molecule has 0 aromatic carbocycles. The van der Waals surface area contributed by atoms with Crippen molar-refractivity contribution in [2.24, 2.45) is 0 Å². The molecule has 0 spiro atoms. The molecule has 0 atom stereocenters. The summed E-state index contributed by atoms with van der Waals surface area (Å²) in [5.74, 6) is 0. The maximum Gasteiger partial charge on any atom is 2.00 e. The fourth-order valence-corrected chi connectivity index (χ4v) is 0. The Morgan fingerprint density at radius 3 is 0.750 bits per heavy atom. The predicted molar refractivity (Wildman–Crippen MR) is 0 cm³/mol. The molecule has 0 nitrogen and oxygen atoms in total. The molecule has 0 heterocycles. The molecule has 0 aromatic rings. The Kier molecular flexibility index (Phi) is 219. The summed E-state index contributed by atoms with van der Waals surface area (Å²) in [7, 11) is 0. The zero-order valence-electron chi connectivity index (χ0n) is 1.51. The maximum absolute atomic E-state index is 0. The van der Waals surface area contributed by atoms with Crippen LogP contribution in [-0.2, 0) is 34.1 Å². The van der Waals surface area contributed by atoms with E-state index in [1.165, 1.54) is 0 Å². The number of rotatable bonds is 0. The van der Waals surface area contributed by atoms with Crippen molar-refractivity contribution in [3.63, 3.8) is 0 Å². The van der Waals surface area contributed by atoms with Gasteiger partial charge in [0.2, 0.25) is 0 Å². The average molecular weight is 225 g/mol. The van der Waals surface area contributed by atoms with E-state index in [9.17, 15) is 0 Å². The van der Waals surface area contributed by atoms with Crippen molar-refractivity contribution in [3.05, 3.63) is 0 Å². The van der Waals surface area contributed by atoms with Gasteiger partial charge in [-0.3, -0.25) is 0 Å². The van der Waals surface area contributed by atoms with Crippen LogP contribution in [-0.4, -0.2) is 0 Å². The smallest absolute Gasteiger partial charge is 1.00 e. The van der Waals surface area contributed by atoms with Gasteiger partial charge in [-0.15, -0.1) is 0 Å². The minimum Gasteiger partial charge on any atom is -1.00 e. The first-order valence-corrected chi connectivity index (χ1v) is 0. The van der Waals surface area contributed by atoms with Gasteiger partial charge < -0.3 is 29.4 Å².